The number of hydrogen-bond donors (Lipinski definition) is 2. The monoisotopic (exact) mass is 297 g/mol. The fraction of sp³-hybridized carbons (Fsp3) is 0.417. The van der Waals surface area contributed by atoms with Gasteiger partial charge in [-0.25, -0.2) is 4.98 Å². The van der Waals surface area contributed by atoms with Crippen LogP contribution in [0.3, 0.4) is 0 Å². The van der Waals surface area contributed by atoms with Crippen molar-refractivity contribution < 1.29 is 4.74 Å². The van der Waals surface area contributed by atoms with Gasteiger partial charge in [0.25, 0.3) is 0 Å². The molecule has 0 spiro atoms. The summed E-state index contributed by atoms with van der Waals surface area (Å²) in [4.78, 5) is 7.78. The smallest absolute Gasteiger partial charge is 0.124 e. The molecular formula is C12H16BrN3O. The van der Waals surface area contributed by atoms with E-state index in [1.807, 2.05) is 18.2 Å². The van der Waals surface area contributed by atoms with Crippen LogP contribution < -0.4 is 5.73 Å². The van der Waals surface area contributed by atoms with Crippen LogP contribution in [-0.4, -0.2) is 23.7 Å². The minimum atomic E-state index is -0.0653. The zero-order chi connectivity index (χ0) is 12.3. The predicted octanol–water partition coefficient (Wildman–Crippen LogP) is 2.75. The third-order valence-electron chi connectivity index (χ3n) is 2.70. The zero-order valence-electron chi connectivity index (χ0n) is 9.74. The number of methoxy groups -OCH3 is 1. The van der Waals surface area contributed by atoms with Crippen LogP contribution in [0.15, 0.2) is 22.7 Å². The van der Waals surface area contributed by atoms with Crippen molar-refractivity contribution in [2.75, 3.05) is 13.7 Å². The molecule has 0 saturated carbocycles. The molecule has 1 aromatic heterocycles. The maximum absolute atomic E-state index is 6.09. The number of hydrogen-bond acceptors (Lipinski definition) is 3. The molecule has 0 amide bonds. The van der Waals surface area contributed by atoms with E-state index in [1.54, 1.807) is 7.11 Å². The van der Waals surface area contributed by atoms with Crippen LogP contribution in [0.1, 0.15) is 24.7 Å². The molecule has 0 aliphatic heterocycles. The van der Waals surface area contributed by atoms with E-state index in [1.165, 1.54) is 0 Å². The van der Waals surface area contributed by atoms with Crippen molar-refractivity contribution >= 4 is 27.0 Å². The molecule has 1 unspecified atom stereocenters. The summed E-state index contributed by atoms with van der Waals surface area (Å²) < 4.78 is 6.00. The maximum Gasteiger partial charge on any atom is 0.124 e. The highest BCUT2D eigenvalue weighted by atomic mass is 79.9. The number of fused-ring (bicyclic) bond motifs is 1. The molecule has 1 atom stereocenters. The Morgan fingerprint density at radius 1 is 1.53 bits per heavy atom. The van der Waals surface area contributed by atoms with Crippen LogP contribution in [0.5, 0.6) is 0 Å². The second-order valence-electron chi connectivity index (χ2n) is 4.00. The van der Waals surface area contributed by atoms with Crippen molar-refractivity contribution in [3.05, 3.63) is 28.5 Å². The van der Waals surface area contributed by atoms with Gasteiger partial charge < -0.3 is 15.5 Å². The zero-order valence-corrected chi connectivity index (χ0v) is 11.3. The quantitative estimate of drug-likeness (QED) is 0.834. The summed E-state index contributed by atoms with van der Waals surface area (Å²) >= 11 is 3.48. The average molecular weight is 298 g/mol. The Morgan fingerprint density at radius 3 is 3.06 bits per heavy atom. The molecule has 0 aliphatic rings. The number of nitrogens with one attached hydrogen (secondary N) is 1. The van der Waals surface area contributed by atoms with Crippen LogP contribution in [-0.2, 0) is 4.74 Å². The van der Waals surface area contributed by atoms with Gasteiger partial charge in [-0.1, -0.05) is 6.07 Å². The van der Waals surface area contributed by atoms with Gasteiger partial charge in [0.2, 0.25) is 0 Å². The number of aromatic amines is 1. The summed E-state index contributed by atoms with van der Waals surface area (Å²) in [7, 11) is 1.70. The van der Waals surface area contributed by atoms with E-state index < -0.39 is 0 Å². The van der Waals surface area contributed by atoms with E-state index in [0.29, 0.717) is 0 Å². The molecule has 0 bridgehead atoms. The Kier molecular flexibility index (Phi) is 4.15. The number of imidazole rings is 1. The third kappa shape index (κ3) is 2.86. The van der Waals surface area contributed by atoms with E-state index in [0.717, 1.165) is 40.8 Å². The lowest BCUT2D eigenvalue weighted by Crippen LogP contribution is -2.12. The van der Waals surface area contributed by atoms with Gasteiger partial charge in [-0.3, -0.25) is 0 Å². The lowest BCUT2D eigenvalue weighted by atomic mass is 10.1. The number of ether oxygens (including phenoxy) is 1. The predicted molar refractivity (Wildman–Crippen MR) is 71.8 cm³/mol. The number of nitrogens with two attached hydrogens (primary N) is 1. The summed E-state index contributed by atoms with van der Waals surface area (Å²) in [6.07, 6.45) is 1.81. The average Bonchev–Trinajstić information content (AvgIpc) is 2.75. The molecule has 1 heterocycles. The van der Waals surface area contributed by atoms with Crippen molar-refractivity contribution in [3.63, 3.8) is 0 Å². The van der Waals surface area contributed by atoms with Crippen LogP contribution in [0.2, 0.25) is 0 Å². The van der Waals surface area contributed by atoms with Gasteiger partial charge in [0.15, 0.2) is 0 Å². The molecule has 0 aliphatic carbocycles. The summed E-state index contributed by atoms with van der Waals surface area (Å²) in [5, 5.41) is 0. The largest absolute Gasteiger partial charge is 0.385 e. The van der Waals surface area contributed by atoms with E-state index in [2.05, 4.69) is 25.9 Å². The lowest BCUT2D eigenvalue weighted by Gasteiger charge is -2.07. The Morgan fingerprint density at radius 2 is 2.35 bits per heavy atom. The highest BCUT2D eigenvalue weighted by Crippen LogP contribution is 2.24. The van der Waals surface area contributed by atoms with E-state index in [-0.39, 0.29) is 6.04 Å². The first-order valence-corrected chi connectivity index (χ1v) is 6.40. The fourth-order valence-corrected chi connectivity index (χ4v) is 2.23. The number of H-pyrrole nitrogens is 1. The molecule has 2 rings (SSSR count). The van der Waals surface area contributed by atoms with Gasteiger partial charge in [0, 0.05) is 18.2 Å². The van der Waals surface area contributed by atoms with Crippen LogP contribution in [0.4, 0.5) is 0 Å². The van der Waals surface area contributed by atoms with Crippen molar-refractivity contribution in [3.8, 4) is 0 Å². The fourth-order valence-electron chi connectivity index (χ4n) is 1.78. The van der Waals surface area contributed by atoms with Crippen molar-refractivity contribution in [1.82, 2.24) is 9.97 Å². The Labute approximate surface area is 109 Å². The topological polar surface area (TPSA) is 63.9 Å². The number of benzene rings is 1. The first kappa shape index (κ1) is 12.5. The highest BCUT2D eigenvalue weighted by molar-refractivity contribution is 9.10. The molecule has 0 radical (unpaired) electrons. The second-order valence-corrected chi connectivity index (χ2v) is 4.85. The van der Waals surface area contributed by atoms with Crippen molar-refractivity contribution in [2.24, 2.45) is 5.73 Å². The molecule has 0 saturated heterocycles. The Balaban J connectivity index is 2.16. The number of rotatable bonds is 5. The van der Waals surface area contributed by atoms with E-state index in [4.69, 9.17) is 10.5 Å². The van der Waals surface area contributed by atoms with Gasteiger partial charge in [0.1, 0.15) is 11.3 Å². The van der Waals surface area contributed by atoms with Crippen molar-refractivity contribution in [2.45, 2.75) is 18.9 Å². The highest BCUT2D eigenvalue weighted by Gasteiger charge is 2.12. The maximum atomic E-state index is 6.09. The molecule has 3 N–H and O–H groups in total. The SMILES string of the molecule is COCCCC(N)c1nc2c(Br)cccc2[nH]1. The Bertz CT molecular complexity index is 497. The molecule has 17 heavy (non-hydrogen) atoms. The van der Waals surface area contributed by atoms with Gasteiger partial charge in [-0.05, 0) is 40.9 Å². The van der Waals surface area contributed by atoms with Gasteiger partial charge >= 0.3 is 0 Å². The standard InChI is InChI=1S/C12H16BrN3O/c1-17-7-3-5-9(14)12-15-10-6-2-4-8(13)11(10)16-12/h2,4,6,9H,3,5,7,14H2,1H3,(H,15,16). The summed E-state index contributed by atoms with van der Waals surface area (Å²) in [5.74, 6) is 0.836. The minimum Gasteiger partial charge on any atom is -0.385 e. The number of nitrogens with zero attached hydrogens (tertiary/aromatic N) is 1. The molecular weight excluding hydrogens is 282 g/mol. The minimum absolute atomic E-state index is 0.0653. The van der Waals surface area contributed by atoms with E-state index >= 15 is 0 Å². The third-order valence-corrected chi connectivity index (χ3v) is 3.34. The molecule has 4 nitrogen and oxygen atoms in total. The number of aromatic nitrogens is 2. The van der Waals surface area contributed by atoms with Crippen LogP contribution in [0.25, 0.3) is 11.0 Å². The summed E-state index contributed by atoms with van der Waals surface area (Å²) in [5.41, 5.74) is 8.03. The van der Waals surface area contributed by atoms with Crippen LogP contribution >= 0.6 is 15.9 Å². The summed E-state index contributed by atoms with van der Waals surface area (Å²) in [6.45, 7) is 0.734. The van der Waals surface area contributed by atoms with E-state index in [9.17, 15) is 0 Å². The molecule has 92 valence electrons. The second kappa shape index (κ2) is 5.62. The lowest BCUT2D eigenvalue weighted by molar-refractivity contribution is 0.190. The Hall–Kier alpha value is -0.910. The number of halogens is 1. The molecule has 0 fully saturated rings. The first-order chi connectivity index (χ1) is 8.22. The molecule has 1 aromatic carbocycles. The first-order valence-electron chi connectivity index (χ1n) is 5.61. The van der Waals surface area contributed by atoms with Gasteiger partial charge in [-0.2, -0.15) is 0 Å². The normalized spacial score (nSPS) is 13.1. The molecule has 2 aromatic rings. The van der Waals surface area contributed by atoms with Crippen LogP contribution in [0, 0.1) is 0 Å². The summed E-state index contributed by atoms with van der Waals surface area (Å²) in [6, 6.07) is 5.89. The van der Waals surface area contributed by atoms with Crippen molar-refractivity contribution in [1.29, 1.82) is 0 Å². The van der Waals surface area contributed by atoms with Gasteiger partial charge in [-0.15, -0.1) is 0 Å². The van der Waals surface area contributed by atoms with Gasteiger partial charge in [0.05, 0.1) is 11.6 Å². The molecule has 5 heteroatoms. The number of para-hydroxylation sites is 1.